The van der Waals surface area contributed by atoms with Gasteiger partial charge in [-0.25, -0.2) is 0 Å². The van der Waals surface area contributed by atoms with Gasteiger partial charge in [-0.2, -0.15) is 0 Å². The first-order valence-corrected chi connectivity index (χ1v) is 8.58. The summed E-state index contributed by atoms with van der Waals surface area (Å²) in [5.41, 5.74) is 8.37. The zero-order valence-electron chi connectivity index (χ0n) is 14.3. The summed E-state index contributed by atoms with van der Waals surface area (Å²) < 4.78 is 0. The molecule has 3 atom stereocenters. The van der Waals surface area contributed by atoms with Gasteiger partial charge < -0.3 is 20.8 Å². The molecule has 0 aromatic carbocycles. The van der Waals surface area contributed by atoms with E-state index in [4.69, 9.17) is 10.8 Å². The number of β-amino-alcohol motifs (C(OH)–C–C–N with tert-alkyl or cyclic N) is 1. The van der Waals surface area contributed by atoms with Crippen LogP contribution >= 0.6 is 0 Å². The predicted octanol–water partition coefficient (Wildman–Crippen LogP) is 0.184. The van der Waals surface area contributed by atoms with Gasteiger partial charge in [-0.1, -0.05) is 0 Å². The minimum atomic E-state index is -0.982. The first kappa shape index (κ1) is 18.2. The lowest BCUT2D eigenvalue weighted by molar-refractivity contribution is -0.137. The van der Waals surface area contributed by atoms with Gasteiger partial charge in [0.2, 0.25) is 5.91 Å². The van der Waals surface area contributed by atoms with Crippen LogP contribution in [0.3, 0.4) is 0 Å². The van der Waals surface area contributed by atoms with E-state index in [-0.39, 0.29) is 31.2 Å². The van der Waals surface area contributed by atoms with Gasteiger partial charge in [0.15, 0.2) is 0 Å². The van der Waals surface area contributed by atoms with Crippen molar-refractivity contribution in [3.8, 4) is 0 Å². The van der Waals surface area contributed by atoms with Crippen molar-refractivity contribution in [3.63, 3.8) is 0 Å². The number of fused-ring (bicyclic) bond motifs is 1. The maximum absolute atomic E-state index is 12.4. The Morgan fingerprint density at radius 3 is 2.85 bits per heavy atom. The summed E-state index contributed by atoms with van der Waals surface area (Å²) in [7, 11) is 0. The lowest BCUT2D eigenvalue weighted by Gasteiger charge is -2.20. The van der Waals surface area contributed by atoms with E-state index < -0.39 is 18.1 Å². The Kier molecular flexibility index (Phi) is 5.43. The number of aliphatic hydroxyl groups is 1. The number of hydrogen-bond acceptors (Lipinski definition) is 6. The molecule has 3 heterocycles. The number of carbonyl (C=O) groups excluding carboxylic acids is 1. The van der Waals surface area contributed by atoms with E-state index >= 15 is 0 Å². The molecule has 2 aromatic rings. The molecular formula is C18H22N4O4. The highest BCUT2D eigenvalue weighted by molar-refractivity contribution is 5.82. The number of nitrogens with two attached hydrogens (primary N) is 1. The smallest absolute Gasteiger partial charge is 0.303 e. The number of carboxylic acids is 1. The van der Waals surface area contributed by atoms with Crippen molar-refractivity contribution in [1.29, 1.82) is 0 Å². The number of carboxylic acid groups (broad SMARTS) is 1. The van der Waals surface area contributed by atoms with Crippen molar-refractivity contribution in [2.75, 3.05) is 13.1 Å². The summed E-state index contributed by atoms with van der Waals surface area (Å²) in [4.78, 5) is 33.2. The summed E-state index contributed by atoms with van der Waals surface area (Å²) in [6, 6.07) is 4.72. The molecule has 1 saturated heterocycles. The Hall–Kier alpha value is -2.58. The molecule has 1 amide bonds. The van der Waals surface area contributed by atoms with E-state index in [1.54, 1.807) is 12.4 Å². The molecule has 3 rings (SSSR count). The van der Waals surface area contributed by atoms with Crippen molar-refractivity contribution in [3.05, 3.63) is 36.2 Å². The molecule has 8 nitrogen and oxygen atoms in total. The number of pyridine rings is 2. The van der Waals surface area contributed by atoms with Crippen molar-refractivity contribution in [2.24, 2.45) is 11.7 Å². The van der Waals surface area contributed by atoms with E-state index in [0.29, 0.717) is 13.0 Å². The number of likely N-dealkylation sites (tertiary alicyclic amines) is 1. The van der Waals surface area contributed by atoms with Crippen LogP contribution in [-0.2, 0) is 16.0 Å². The molecule has 0 spiro atoms. The van der Waals surface area contributed by atoms with E-state index in [0.717, 1.165) is 16.6 Å². The largest absolute Gasteiger partial charge is 0.481 e. The van der Waals surface area contributed by atoms with Gasteiger partial charge in [-0.3, -0.25) is 19.6 Å². The van der Waals surface area contributed by atoms with Crippen LogP contribution in [0.25, 0.3) is 11.0 Å². The highest BCUT2D eigenvalue weighted by Crippen LogP contribution is 2.25. The predicted molar refractivity (Wildman–Crippen MR) is 94.2 cm³/mol. The van der Waals surface area contributed by atoms with Crippen LogP contribution in [0.1, 0.15) is 18.4 Å². The van der Waals surface area contributed by atoms with Gasteiger partial charge in [0.1, 0.15) is 0 Å². The fourth-order valence-electron chi connectivity index (χ4n) is 3.35. The summed E-state index contributed by atoms with van der Waals surface area (Å²) in [6.45, 7) is 0.595. The quantitative estimate of drug-likeness (QED) is 0.672. The van der Waals surface area contributed by atoms with Crippen LogP contribution in [-0.4, -0.2) is 62.2 Å². The average molecular weight is 358 g/mol. The maximum atomic E-state index is 12.4. The molecular weight excluding hydrogens is 336 g/mol. The summed E-state index contributed by atoms with van der Waals surface area (Å²) in [5.74, 6) is -1.42. The lowest BCUT2D eigenvalue weighted by atomic mass is 9.96. The Balaban J connectivity index is 1.67. The Labute approximate surface area is 150 Å². The van der Waals surface area contributed by atoms with Crippen molar-refractivity contribution >= 4 is 22.9 Å². The molecule has 26 heavy (non-hydrogen) atoms. The second-order valence-corrected chi connectivity index (χ2v) is 6.65. The van der Waals surface area contributed by atoms with Gasteiger partial charge >= 0.3 is 5.97 Å². The third-order valence-electron chi connectivity index (χ3n) is 4.77. The summed E-state index contributed by atoms with van der Waals surface area (Å²) in [6.07, 6.45) is 3.27. The standard InChI is InChI=1S/C18H22N4O4/c19-13(3-4-16(24)25)18(26)22-9-12(15(23)10-22)8-11-5-7-20-14-2-1-6-21-17(11)14/h1-2,5-7,12-13,15,23H,3-4,8-10,19H2,(H,24,25)/t12-,13+,15+/m1/s1. The molecule has 0 saturated carbocycles. The minimum absolute atomic E-state index is 0.0876. The van der Waals surface area contributed by atoms with Crippen LogP contribution in [0.4, 0.5) is 0 Å². The summed E-state index contributed by atoms with van der Waals surface area (Å²) >= 11 is 0. The average Bonchev–Trinajstić information content (AvgIpc) is 3.00. The fourth-order valence-corrected chi connectivity index (χ4v) is 3.35. The zero-order chi connectivity index (χ0) is 18.7. The molecule has 1 aliphatic rings. The number of carbonyl (C=O) groups is 2. The first-order valence-electron chi connectivity index (χ1n) is 8.58. The third-order valence-corrected chi connectivity index (χ3v) is 4.77. The van der Waals surface area contributed by atoms with Gasteiger partial charge in [0, 0.05) is 37.8 Å². The minimum Gasteiger partial charge on any atom is -0.481 e. The van der Waals surface area contributed by atoms with Crippen molar-refractivity contribution in [2.45, 2.75) is 31.4 Å². The summed E-state index contributed by atoms with van der Waals surface area (Å²) in [5, 5.41) is 19.1. The van der Waals surface area contributed by atoms with Crippen molar-refractivity contribution in [1.82, 2.24) is 14.9 Å². The third kappa shape index (κ3) is 3.97. The second-order valence-electron chi connectivity index (χ2n) is 6.65. The van der Waals surface area contributed by atoms with Crippen LogP contribution in [0.2, 0.25) is 0 Å². The number of amides is 1. The highest BCUT2D eigenvalue weighted by atomic mass is 16.4. The van der Waals surface area contributed by atoms with Gasteiger partial charge in [0.25, 0.3) is 0 Å². The van der Waals surface area contributed by atoms with E-state index in [1.807, 2.05) is 18.2 Å². The van der Waals surface area contributed by atoms with E-state index in [1.165, 1.54) is 4.90 Å². The Morgan fingerprint density at radius 2 is 2.08 bits per heavy atom. The van der Waals surface area contributed by atoms with E-state index in [9.17, 15) is 14.7 Å². The Bertz CT molecular complexity index is 807. The normalized spacial score (nSPS) is 21.1. The second kappa shape index (κ2) is 7.76. The van der Waals surface area contributed by atoms with Crippen LogP contribution in [0.15, 0.2) is 30.6 Å². The number of aliphatic hydroxyl groups excluding tert-OH is 1. The number of rotatable bonds is 6. The maximum Gasteiger partial charge on any atom is 0.303 e. The lowest BCUT2D eigenvalue weighted by Crippen LogP contribution is -2.43. The molecule has 1 fully saturated rings. The molecule has 8 heteroatoms. The van der Waals surface area contributed by atoms with Crippen LogP contribution in [0.5, 0.6) is 0 Å². The highest BCUT2D eigenvalue weighted by Gasteiger charge is 2.36. The van der Waals surface area contributed by atoms with Crippen molar-refractivity contribution < 1.29 is 19.8 Å². The van der Waals surface area contributed by atoms with Gasteiger partial charge in [-0.05, 0) is 36.6 Å². The Morgan fingerprint density at radius 1 is 1.27 bits per heavy atom. The van der Waals surface area contributed by atoms with Crippen LogP contribution < -0.4 is 5.73 Å². The number of aromatic nitrogens is 2. The first-order chi connectivity index (χ1) is 12.5. The molecule has 0 aliphatic carbocycles. The molecule has 0 bridgehead atoms. The topological polar surface area (TPSA) is 130 Å². The molecule has 1 aliphatic heterocycles. The molecule has 0 unspecified atom stereocenters. The van der Waals surface area contributed by atoms with Gasteiger partial charge in [-0.15, -0.1) is 0 Å². The monoisotopic (exact) mass is 358 g/mol. The molecule has 138 valence electrons. The molecule has 0 radical (unpaired) electrons. The van der Waals surface area contributed by atoms with E-state index in [2.05, 4.69) is 9.97 Å². The SMILES string of the molecule is N[C@@H](CCC(=O)O)C(=O)N1C[C@@H](Cc2ccnc3cccnc23)[C@@H](O)C1. The van der Waals surface area contributed by atoms with Crippen LogP contribution in [0, 0.1) is 5.92 Å². The number of aliphatic carboxylic acids is 1. The number of nitrogens with zero attached hydrogens (tertiary/aromatic N) is 3. The fraction of sp³-hybridized carbons (Fsp3) is 0.444. The van der Waals surface area contributed by atoms with Gasteiger partial charge in [0.05, 0.1) is 23.2 Å². The molecule has 4 N–H and O–H groups in total. The zero-order valence-corrected chi connectivity index (χ0v) is 14.3. The number of hydrogen-bond donors (Lipinski definition) is 3. The molecule has 2 aromatic heterocycles.